The van der Waals surface area contributed by atoms with Crippen molar-refractivity contribution in [2.24, 2.45) is 12.8 Å². The number of aryl methyl sites for hydroxylation is 2. The molecule has 0 saturated carbocycles. The first-order chi connectivity index (χ1) is 14.3. The molecule has 3 N–H and O–H groups in total. The first-order valence-corrected chi connectivity index (χ1v) is 9.37. The summed E-state index contributed by atoms with van der Waals surface area (Å²) in [5, 5.41) is 12.4. The lowest BCUT2D eigenvalue weighted by atomic mass is 10.1. The monoisotopic (exact) mass is 403 g/mol. The van der Waals surface area contributed by atoms with Crippen LogP contribution in [0.2, 0.25) is 0 Å². The summed E-state index contributed by atoms with van der Waals surface area (Å²) < 4.78 is 3.52. The van der Waals surface area contributed by atoms with Gasteiger partial charge in [0.15, 0.2) is 0 Å². The number of rotatable bonds is 5. The third-order valence-electron chi connectivity index (χ3n) is 4.91. The van der Waals surface area contributed by atoms with Crippen LogP contribution in [0.3, 0.4) is 0 Å². The summed E-state index contributed by atoms with van der Waals surface area (Å²) in [7, 11) is 1.85. The SMILES string of the molecule is Cc1nn(Cc2ccn(C)n2)c(C)c1NC(=O)c1cc(C(N)=O)c2ccccc2n1. The Balaban J connectivity index is 1.65. The van der Waals surface area contributed by atoms with Gasteiger partial charge in [0.2, 0.25) is 5.91 Å². The van der Waals surface area contributed by atoms with Crippen molar-refractivity contribution in [2.45, 2.75) is 20.4 Å². The van der Waals surface area contributed by atoms with Crippen molar-refractivity contribution in [1.29, 1.82) is 0 Å². The van der Waals surface area contributed by atoms with Gasteiger partial charge in [-0.2, -0.15) is 10.2 Å². The fourth-order valence-corrected chi connectivity index (χ4v) is 3.41. The van der Waals surface area contributed by atoms with E-state index in [4.69, 9.17) is 5.73 Å². The van der Waals surface area contributed by atoms with Crippen molar-refractivity contribution in [3.63, 3.8) is 0 Å². The van der Waals surface area contributed by atoms with E-state index in [-0.39, 0.29) is 11.3 Å². The minimum absolute atomic E-state index is 0.110. The van der Waals surface area contributed by atoms with Crippen LogP contribution in [0.15, 0.2) is 42.6 Å². The van der Waals surface area contributed by atoms with Crippen LogP contribution in [0, 0.1) is 13.8 Å². The Hall–Kier alpha value is -4.01. The summed E-state index contributed by atoms with van der Waals surface area (Å²) in [6.45, 7) is 4.19. The second-order valence-corrected chi connectivity index (χ2v) is 7.07. The maximum absolute atomic E-state index is 12.9. The Kier molecular flexibility index (Phi) is 4.78. The molecule has 30 heavy (non-hydrogen) atoms. The van der Waals surface area contributed by atoms with Gasteiger partial charge in [-0.05, 0) is 32.0 Å². The molecule has 0 bridgehead atoms. The summed E-state index contributed by atoms with van der Waals surface area (Å²) in [6, 6.07) is 10.4. The van der Waals surface area contributed by atoms with E-state index in [0.29, 0.717) is 28.8 Å². The van der Waals surface area contributed by atoms with Crippen LogP contribution in [0.25, 0.3) is 10.9 Å². The van der Waals surface area contributed by atoms with Crippen LogP contribution in [0.4, 0.5) is 5.69 Å². The fraction of sp³-hybridized carbons (Fsp3) is 0.190. The van der Waals surface area contributed by atoms with Crippen LogP contribution < -0.4 is 11.1 Å². The number of nitrogens with one attached hydrogen (secondary N) is 1. The number of primary amides is 1. The number of para-hydroxylation sites is 1. The van der Waals surface area contributed by atoms with Gasteiger partial charge in [-0.3, -0.25) is 19.0 Å². The van der Waals surface area contributed by atoms with Crippen molar-refractivity contribution < 1.29 is 9.59 Å². The van der Waals surface area contributed by atoms with Gasteiger partial charge in [0.1, 0.15) is 5.69 Å². The number of nitrogens with zero attached hydrogens (tertiary/aromatic N) is 5. The van der Waals surface area contributed by atoms with E-state index in [9.17, 15) is 9.59 Å². The third kappa shape index (κ3) is 3.52. The van der Waals surface area contributed by atoms with E-state index in [1.54, 1.807) is 33.6 Å². The molecule has 0 unspecified atom stereocenters. The number of anilines is 1. The highest BCUT2D eigenvalue weighted by atomic mass is 16.2. The van der Waals surface area contributed by atoms with Crippen LogP contribution in [0.1, 0.15) is 37.9 Å². The molecule has 0 saturated heterocycles. The average molecular weight is 403 g/mol. The third-order valence-corrected chi connectivity index (χ3v) is 4.91. The zero-order valence-corrected chi connectivity index (χ0v) is 16.9. The summed E-state index contributed by atoms with van der Waals surface area (Å²) in [6.07, 6.45) is 1.87. The minimum Gasteiger partial charge on any atom is -0.366 e. The van der Waals surface area contributed by atoms with Crippen molar-refractivity contribution >= 4 is 28.4 Å². The Labute approximate surface area is 172 Å². The van der Waals surface area contributed by atoms with Crippen molar-refractivity contribution in [3.05, 3.63) is 70.9 Å². The number of hydrogen-bond donors (Lipinski definition) is 2. The van der Waals surface area contributed by atoms with Crippen LogP contribution in [0.5, 0.6) is 0 Å². The predicted molar refractivity (Wildman–Crippen MR) is 112 cm³/mol. The lowest BCUT2D eigenvalue weighted by Gasteiger charge is -2.09. The number of aromatic nitrogens is 5. The van der Waals surface area contributed by atoms with Crippen molar-refractivity contribution in [1.82, 2.24) is 24.5 Å². The molecule has 9 heteroatoms. The molecule has 0 atom stereocenters. The van der Waals surface area contributed by atoms with Gasteiger partial charge in [0.25, 0.3) is 5.91 Å². The lowest BCUT2D eigenvalue weighted by Crippen LogP contribution is -2.18. The van der Waals surface area contributed by atoms with Gasteiger partial charge in [-0.15, -0.1) is 0 Å². The number of pyridine rings is 1. The maximum atomic E-state index is 12.9. The molecule has 4 aromatic rings. The average Bonchev–Trinajstić information content (AvgIpc) is 3.24. The molecule has 2 amide bonds. The van der Waals surface area contributed by atoms with Gasteiger partial charge in [-0.25, -0.2) is 4.98 Å². The number of carbonyl (C=O) groups excluding carboxylic acids is 2. The standard InChI is InChI=1S/C21H21N7O2/c1-12-19(13(2)28(25-12)11-14-8-9-27(3)26-14)24-21(30)18-10-16(20(22)29)15-6-4-5-7-17(15)23-18/h4-10H,11H2,1-3H3,(H2,22,29)(H,24,30). The zero-order chi connectivity index (χ0) is 21.4. The number of amides is 2. The van der Waals surface area contributed by atoms with E-state index in [1.807, 2.05) is 33.2 Å². The smallest absolute Gasteiger partial charge is 0.274 e. The topological polar surface area (TPSA) is 121 Å². The minimum atomic E-state index is -0.613. The van der Waals surface area contributed by atoms with Crippen LogP contribution >= 0.6 is 0 Å². The molecule has 152 valence electrons. The molecule has 0 spiro atoms. The van der Waals surface area contributed by atoms with Crippen LogP contribution in [-0.2, 0) is 13.6 Å². The van der Waals surface area contributed by atoms with E-state index in [2.05, 4.69) is 20.5 Å². The molecule has 4 rings (SSSR count). The summed E-state index contributed by atoms with van der Waals surface area (Å²) in [5.74, 6) is -1.05. The molecule has 0 aliphatic carbocycles. The van der Waals surface area contributed by atoms with Gasteiger partial charge < -0.3 is 11.1 Å². The van der Waals surface area contributed by atoms with E-state index in [0.717, 1.165) is 11.4 Å². The molecule has 3 heterocycles. The Morgan fingerprint density at radius 2 is 1.90 bits per heavy atom. The van der Waals surface area contributed by atoms with Gasteiger partial charge in [-0.1, -0.05) is 18.2 Å². The molecular weight excluding hydrogens is 382 g/mol. The van der Waals surface area contributed by atoms with Crippen molar-refractivity contribution in [2.75, 3.05) is 5.32 Å². The molecule has 0 aliphatic heterocycles. The molecule has 0 aliphatic rings. The number of carbonyl (C=O) groups is 2. The highest BCUT2D eigenvalue weighted by Crippen LogP contribution is 2.23. The highest BCUT2D eigenvalue weighted by Gasteiger charge is 2.19. The van der Waals surface area contributed by atoms with Gasteiger partial charge >= 0.3 is 0 Å². The van der Waals surface area contributed by atoms with Crippen LogP contribution in [-0.4, -0.2) is 36.4 Å². The largest absolute Gasteiger partial charge is 0.366 e. The number of fused-ring (bicyclic) bond motifs is 1. The molecule has 1 aromatic carbocycles. The molecule has 3 aromatic heterocycles. The quantitative estimate of drug-likeness (QED) is 0.529. The summed E-state index contributed by atoms with van der Waals surface area (Å²) in [4.78, 5) is 29.2. The van der Waals surface area contributed by atoms with E-state index < -0.39 is 11.8 Å². The molecule has 0 radical (unpaired) electrons. The second-order valence-electron chi connectivity index (χ2n) is 7.07. The zero-order valence-electron chi connectivity index (χ0n) is 16.9. The Bertz CT molecular complexity index is 1290. The first kappa shape index (κ1) is 19.3. The predicted octanol–water partition coefficient (Wildman–Crippen LogP) is 2.18. The van der Waals surface area contributed by atoms with Crippen molar-refractivity contribution in [3.8, 4) is 0 Å². The number of hydrogen-bond acceptors (Lipinski definition) is 5. The molecule has 0 fully saturated rings. The highest BCUT2D eigenvalue weighted by molar-refractivity contribution is 6.10. The fourth-order valence-electron chi connectivity index (χ4n) is 3.41. The van der Waals surface area contributed by atoms with E-state index >= 15 is 0 Å². The van der Waals surface area contributed by atoms with Gasteiger partial charge in [0.05, 0.1) is 40.4 Å². The molecule has 9 nitrogen and oxygen atoms in total. The Morgan fingerprint density at radius 1 is 1.13 bits per heavy atom. The normalized spacial score (nSPS) is 11.0. The Morgan fingerprint density at radius 3 is 2.60 bits per heavy atom. The van der Waals surface area contributed by atoms with Gasteiger partial charge in [0, 0.05) is 18.6 Å². The first-order valence-electron chi connectivity index (χ1n) is 9.37. The maximum Gasteiger partial charge on any atom is 0.274 e. The summed E-state index contributed by atoms with van der Waals surface area (Å²) in [5.41, 5.74) is 9.33. The summed E-state index contributed by atoms with van der Waals surface area (Å²) >= 11 is 0. The number of benzene rings is 1. The van der Waals surface area contributed by atoms with E-state index in [1.165, 1.54) is 6.07 Å². The number of nitrogens with two attached hydrogens (primary N) is 1. The lowest BCUT2D eigenvalue weighted by molar-refractivity contribution is 0.100. The molecular formula is C21H21N7O2. The second kappa shape index (κ2) is 7.43.